The van der Waals surface area contributed by atoms with Gasteiger partial charge in [-0.3, -0.25) is 0 Å². The Morgan fingerprint density at radius 2 is 1.05 bits per heavy atom. The van der Waals surface area contributed by atoms with Crippen molar-refractivity contribution in [1.82, 2.24) is 4.57 Å². The van der Waals surface area contributed by atoms with Gasteiger partial charge in [-0.1, -0.05) is 98.8 Å². The van der Waals surface area contributed by atoms with Crippen LogP contribution in [0.5, 0.6) is 0 Å². The molecule has 0 aliphatic heterocycles. The normalized spacial score (nSPS) is 13.3. The van der Waals surface area contributed by atoms with Crippen molar-refractivity contribution in [3.63, 3.8) is 0 Å². The highest BCUT2D eigenvalue weighted by molar-refractivity contribution is 6.09. The number of aromatic nitrogens is 1. The van der Waals surface area contributed by atoms with Gasteiger partial charge in [0.25, 0.3) is 0 Å². The molecule has 0 fully saturated rings. The molecule has 41 heavy (non-hydrogen) atoms. The standard InChI is InChI=1S/C39H30N2/c1-39(2)35-22-16-27(26-10-4-3-5-11-26)24-33(35)34-25-29(19-23-36(34)39)40-28-17-20-30(21-18-28)41-37-14-8-6-12-31(37)32-13-7-9-15-38(32)41/h3-25,40H,1-2H3. The Kier molecular flexibility index (Phi) is 5.20. The Morgan fingerprint density at radius 1 is 0.488 bits per heavy atom. The minimum Gasteiger partial charge on any atom is -0.356 e. The van der Waals surface area contributed by atoms with Gasteiger partial charge in [-0.15, -0.1) is 0 Å². The third-order valence-corrected chi connectivity index (χ3v) is 8.78. The highest BCUT2D eigenvalue weighted by atomic mass is 15.0. The molecule has 0 spiro atoms. The molecule has 8 rings (SSSR count). The van der Waals surface area contributed by atoms with Crippen molar-refractivity contribution in [2.45, 2.75) is 19.3 Å². The highest BCUT2D eigenvalue weighted by Crippen LogP contribution is 2.50. The minimum atomic E-state index is -0.0254. The molecule has 0 radical (unpaired) electrons. The average Bonchev–Trinajstić information content (AvgIpc) is 3.47. The second-order valence-corrected chi connectivity index (χ2v) is 11.6. The van der Waals surface area contributed by atoms with Crippen molar-refractivity contribution in [2.24, 2.45) is 0 Å². The van der Waals surface area contributed by atoms with E-state index in [-0.39, 0.29) is 5.41 Å². The second-order valence-electron chi connectivity index (χ2n) is 11.6. The Balaban J connectivity index is 1.15. The molecule has 0 saturated carbocycles. The molecule has 1 aliphatic rings. The number of rotatable bonds is 4. The van der Waals surface area contributed by atoms with E-state index >= 15 is 0 Å². The fourth-order valence-corrected chi connectivity index (χ4v) is 6.72. The van der Waals surface area contributed by atoms with Crippen molar-refractivity contribution < 1.29 is 0 Å². The molecule has 0 amide bonds. The molecule has 0 atom stereocenters. The molecule has 6 aromatic carbocycles. The summed E-state index contributed by atoms with van der Waals surface area (Å²) >= 11 is 0. The third-order valence-electron chi connectivity index (χ3n) is 8.78. The Morgan fingerprint density at radius 3 is 1.73 bits per heavy atom. The molecule has 1 aromatic heterocycles. The maximum absolute atomic E-state index is 3.68. The van der Waals surface area contributed by atoms with Gasteiger partial charge in [-0.2, -0.15) is 0 Å². The SMILES string of the molecule is CC1(C)c2ccc(Nc3ccc(-n4c5ccccc5c5ccccc54)cc3)cc2-c2cc(-c3ccccc3)ccc21. The largest absolute Gasteiger partial charge is 0.356 e. The third kappa shape index (κ3) is 3.72. The molecule has 0 bridgehead atoms. The monoisotopic (exact) mass is 526 g/mol. The molecule has 0 saturated heterocycles. The van der Waals surface area contributed by atoms with Crippen molar-refractivity contribution in [2.75, 3.05) is 5.32 Å². The van der Waals surface area contributed by atoms with E-state index in [0.717, 1.165) is 17.1 Å². The Bertz CT molecular complexity index is 2030. The van der Waals surface area contributed by atoms with Crippen LogP contribution in [0.1, 0.15) is 25.0 Å². The van der Waals surface area contributed by atoms with Crippen LogP contribution < -0.4 is 5.32 Å². The minimum absolute atomic E-state index is 0.0254. The number of anilines is 2. The van der Waals surface area contributed by atoms with E-state index in [1.807, 2.05) is 0 Å². The summed E-state index contributed by atoms with van der Waals surface area (Å²) in [7, 11) is 0. The lowest BCUT2D eigenvalue weighted by Gasteiger charge is -2.21. The van der Waals surface area contributed by atoms with Crippen LogP contribution in [0.25, 0.3) is 49.7 Å². The lowest BCUT2D eigenvalue weighted by molar-refractivity contribution is 0.660. The molecular weight excluding hydrogens is 496 g/mol. The molecule has 1 aliphatic carbocycles. The molecule has 1 N–H and O–H groups in total. The summed E-state index contributed by atoms with van der Waals surface area (Å²) in [4.78, 5) is 0. The van der Waals surface area contributed by atoms with Crippen LogP contribution in [-0.4, -0.2) is 4.57 Å². The molecular formula is C39H30N2. The van der Waals surface area contributed by atoms with Gasteiger partial charge in [0.1, 0.15) is 0 Å². The maximum atomic E-state index is 3.68. The van der Waals surface area contributed by atoms with Crippen LogP contribution >= 0.6 is 0 Å². The topological polar surface area (TPSA) is 17.0 Å². The van der Waals surface area contributed by atoms with Crippen LogP contribution in [0.2, 0.25) is 0 Å². The van der Waals surface area contributed by atoms with E-state index < -0.39 is 0 Å². The summed E-state index contributed by atoms with van der Waals surface area (Å²) in [6, 6.07) is 50.5. The summed E-state index contributed by atoms with van der Waals surface area (Å²) in [6.07, 6.45) is 0. The van der Waals surface area contributed by atoms with Gasteiger partial charge in [0.05, 0.1) is 11.0 Å². The molecule has 7 aromatic rings. The average molecular weight is 527 g/mol. The van der Waals surface area contributed by atoms with E-state index in [1.165, 1.54) is 55.2 Å². The lowest BCUT2D eigenvalue weighted by atomic mass is 9.82. The van der Waals surface area contributed by atoms with E-state index in [0.29, 0.717) is 0 Å². The second kappa shape index (κ2) is 8.97. The smallest absolute Gasteiger partial charge is 0.0541 e. The lowest BCUT2D eigenvalue weighted by Crippen LogP contribution is -2.14. The van der Waals surface area contributed by atoms with Gasteiger partial charge in [0.2, 0.25) is 0 Å². The van der Waals surface area contributed by atoms with Gasteiger partial charge in [-0.05, 0) is 88.0 Å². The quantitative estimate of drug-likeness (QED) is 0.241. The number of hydrogen-bond acceptors (Lipinski definition) is 1. The van der Waals surface area contributed by atoms with Crippen LogP contribution in [0.15, 0.2) is 140 Å². The zero-order valence-electron chi connectivity index (χ0n) is 23.2. The van der Waals surface area contributed by atoms with Crippen LogP contribution in [0.3, 0.4) is 0 Å². The van der Waals surface area contributed by atoms with Crippen molar-refractivity contribution in [3.8, 4) is 27.9 Å². The van der Waals surface area contributed by atoms with Crippen LogP contribution in [-0.2, 0) is 5.41 Å². The van der Waals surface area contributed by atoms with Gasteiger partial charge in [0, 0.05) is 33.2 Å². The zero-order valence-corrected chi connectivity index (χ0v) is 23.2. The number of hydrogen-bond donors (Lipinski definition) is 1. The summed E-state index contributed by atoms with van der Waals surface area (Å²) in [5.41, 5.74) is 13.7. The summed E-state index contributed by atoms with van der Waals surface area (Å²) < 4.78 is 2.35. The number of benzene rings is 6. The van der Waals surface area contributed by atoms with Gasteiger partial charge < -0.3 is 9.88 Å². The highest BCUT2D eigenvalue weighted by Gasteiger charge is 2.35. The molecule has 2 heteroatoms. The molecule has 1 heterocycles. The number of nitrogens with one attached hydrogen (secondary N) is 1. The molecule has 2 nitrogen and oxygen atoms in total. The van der Waals surface area contributed by atoms with E-state index in [9.17, 15) is 0 Å². The summed E-state index contributed by atoms with van der Waals surface area (Å²) in [5, 5.41) is 6.24. The first kappa shape index (κ1) is 23.8. The molecule has 0 unspecified atom stereocenters. The van der Waals surface area contributed by atoms with Crippen molar-refractivity contribution in [1.29, 1.82) is 0 Å². The first-order valence-electron chi connectivity index (χ1n) is 14.3. The predicted molar refractivity (Wildman–Crippen MR) is 174 cm³/mol. The Labute approximate surface area is 240 Å². The number of fused-ring (bicyclic) bond motifs is 6. The van der Waals surface area contributed by atoms with E-state index in [4.69, 9.17) is 0 Å². The van der Waals surface area contributed by atoms with Crippen molar-refractivity contribution >= 4 is 33.2 Å². The fourth-order valence-electron chi connectivity index (χ4n) is 6.72. The van der Waals surface area contributed by atoms with E-state index in [2.05, 4.69) is 163 Å². The number of para-hydroxylation sites is 2. The zero-order chi connectivity index (χ0) is 27.6. The van der Waals surface area contributed by atoms with Crippen molar-refractivity contribution in [3.05, 3.63) is 151 Å². The van der Waals surface area contributed by atoms with Gasteiger partial charge in [0.15, 0.2) is 0 Å². The Hall–Kier alpha value is -5.08. The maximum Gasteiger partial charge on any atom is 0.0541 e. The first-order chi connectivity index (χ1) is 20.1. The van der Waals surface area contributed by atoms with Crippen LogP contribution in [0.4, 0.5) is 11.4 Å². The van der Waals surface area contributed by atoms with Gasteiger partial charge >= 0.3 is 0 Å². The van der Waals surface area contributed by atoms with Gasteiger partial charge in [-0.25, -0.2) is 0 Å². The predicted octanol–water partition coefficient (Wildman–Crippen LogP) is 10.5. The fraction of sp³-hybridized carbons (Fsp3) is 0.0769. The summed E-state index contributed by atoms with van der Waals surface area (Å²) in [6.45, 7) is 4.67. The van der Waals surface area contributed by atoms with E-state index in [1.54, 1.807) is 0 Å². The summed E-state index contributed by atoms with van der Waals surface area (Å²) in [5.74, 6) is 0. The number of nitrogens with zero attached hydrogens (tertiary/aromatic N) is 1. The molecule has 196 valence electrons. The first-order valence-corrected chi connectivity index (χ1v) is 14.3. The van der Waals surface area contributed by atoms with Crippen LogP contribution in [0, 0.1) is 0 Å².